The van der Waals surface area contributed by atoms with E-state index in [0.29, 0.717) is 11.5 Å². The number of H-pyrrole nitrogens is 1. The second-order valence-electron chi connectivity index (χ2n) is 4.51. The van der Waals surface area contributed by atoms with Crippen molar-refractivity contribution >= 4 is 22.8 Å². The van der Waals surface area contributed by atoms with Crippen LogP contribution in [0.25, 0.3) is 10.8 Å². The Morgan fingerprint density at radius 2 is 2.00 bits per heavy atom. The molecule has 0 radical (unpaired) electrons. The average molecular weight is 279 g/mol. The van der Waals surface area contributed by atoms with Crippen molar-refractivity contribution in [2.75, 3.05) is 5.43 Å². The lowest BCUT2D eigenvalue weighted by Gasteiger charge is -2.02. The summed E-state index contributed by atoms with van der Waals surface area (Å²) in [5.74, 6) is 0.343. The lowest BCUT2D eigenvalue weighted by molar-refractivity contribution is 0.879. The van der Waals surface area contributed by atoms with Gasteiger partial charge < -0.3 is 0 Å². The van der Waals surface area contributed by atoms with Crippen molar-refractivity contribution in [1.82, 2.24) is 15.2 Å². The molecule has 104 valence electrons. The lowest BCUT2D eigenvalue weighted by atomic mass is 10.1. The van der Waals surface area contributed by atoms with Crippen LogP contribution in [0.5, 0.6) is 0 Å². The maximum Gasteiger partial charge on any atom is 0.363 e. The highest BCUT2D eigenvalue weighted by Crippen LogP contribution is 2.16. The highest BCUT2D eigenvalue weighted by Gasteiger charge is 2.01. The molecule has 0 spiro atoms. The summed E-state index contributed by atoms with van der Waals surface area (Å²) in [6, 6.07) is 14.1. The van der Waals surface area contributed by atoms with Crippen LogP contribution in [0.4, 0.5) is 5.82 Å². The maximum absolute atomic E-state index is 11.1. The SMILES string of the molecule is Cc1n[nH]c(=O)nc1N/N=C/c1cccc2ccccc12. The molecule has 0 aliphatic rings. The first-order valence-corrected chi connectivity index (χ1v) is 6.44. The summed E-state index contributed by atoms with van der Waals surface area (Å²) in [4.78, 5) is 14.9. The van der Waals surface area contributed by atoms with E-state index >= 15 is 0 Å². The minimum atomic E-state index is -0.511. The van der Waals surface area contributed by atoms with Crippen molar-refractivity contribution in [3.8, 4) is 0 Å². The predicted molar refractivity (Wildman–Crippen MR) is 82.6 cm³/mol. The van der Waals surface area contributed by atoms with E-state index in [1.807, 2.05) is 42.5 Å². The molecule has 1 heterocycles. The van der Waals surface area contributed by atoms with E-state index in [1.165, 1.54) is 0 Å². The van der Waals surface area contributed by atoms with Crippen molar-refractivity contribution < 1.29 is 0 Å². The fraction of sp³-hybridized carbons (Fsp3) is 0.0667. The van der Waals surface area contributed by atoms with E-state index in [0.717, 1.165) is 16.3 Å². The van der Waals surface area contributed by atoms with Crippen LogP contribution in [0.1, 0.15) is 11.3 Å². The van der Waals surface area contributed by atoms with Gasteiger partial charge in [0.05, 0.1) is 6.21 Å². The number of rotatable bonds is 3. The van der Waals surface area contributed by atoms with Gasteiger partial charge in [0.15, 0.2) is 5.82 Å². The van der Waals surface area contributed by atoms with Gasteiger partial charge in [-0.25, -0.2) is 9.89 Å². The molecule has 3 rings (SSSR count). The van der Waals surface area contributed by atoms with Crippen LogP contribution in [0.15, 0.2) is 52.4 Å². The van der Waals surface area contributed by atoms with Gasteiger partial charge in [0.1, 0.15) is 5.69 Å². The van der Waals surface area contributed by atoms with Crippen molar-refractivity contribution in [2.24, 2.45) is 5.10 Å². The maximum atomic E-state index is 11.1. The van der Waals surface area contributed by atoms with Crippen LogP contribution in [0, 0.1) is 6.92 Å². The van der Waals surface area contributed by atoms with Gasteiger partial charge >= 0.3 is 5.69 Å². The topological polar surface area (TPSA) is 83.0 Å². The molecule has 1 aromatic heterocycles. The Bertz CT molecular complexity index is 864. The molecule has 3 aromatic rings. The summed E-state index contributed by atoms with van der Waals surface area (Å²) in [7, 11) is 0. The number of aryl methyl sites for hydroxylation is 1. The molecule has 21 heavy (non-hydrogen) atoms. The molecule has 0 aliphatic heterocycles. The molecule has 0 aliphatic carbocycles. The number of hydrogen-bond acceptors (Lipinski definition) is 5. The molecule has 2 aromatic carbocycles. The minimum absolute atomic E-state index is 0.343. The lowest BCUT2D eigenvalue weighted by Crippen LogP contribution is -2.15. The standard InChI is InChI=1S/C15H13N5O/c1-10-14(17-15(21)20-18-10)19-16-9-12-7-4-6-11-5-2-3-8-13(11)12/h2-9H,1H3,(H2,17,19,20,21)/b16-9+. The van der Waals surface area contributed by atoms with Crippen LogP contribution >= 0.6 is 0 Å². The summed E-state index contributed by atoms with van der Waals surface area (Å²) in [5.41, 5.74) is 3.79. The fourth-order valence-corrected chi connectivity index (χ4v) is 2.02. The van der Waals surface area contributed by atoms with Crippen LogP contribution < -0.4 is 11.1 Å². The number of benzene rings is 2. The first kappa shape index (κ1) is 13.0. The Labute approximate surface area is 120 Å². The third-order valence-corrected chi connectivity index (χ3v) is 3.07. The Balaban J connectivity index is 1.88. The van der Waals surface area contributed by atoms with Crippen molar-refractivity contribution in [3.05, 3.63) is 64.2 Å². The van der Waals surface area contributed by atoms with Crippen LogP contribution in [0.2, 0.25) is 0 Å². The summed E-state index contributed by atoms with van der Waals surface area (Å²) < 4.78 is 0. The van der Waals surface area contributed by atoms with Gasteiger partial charge in [-0.3, -0.25) is 5.43 Å². The highest BCUT2D eigenvalue weighted by atomic mass is 16.1. The quantitative estimate of drug-likeness (QED) is 0.568. The number of fused-ring (bicyclic) bond motifs is 1. The molecule has 0 atom stereocenters. The molecule has 0 amide bonds. The number of anilines is 1. The number of aromatic nitrogens is 3. The van der Waals surface area contributed by atoms with Gasteiger partial charge in [-0.15, -0.1) is 0 Å². The summed E-state index contributed by atoms with van der Waals surface area (Å²) in [5, 5.41) is 12.5. The van der Waals surface area contributed by atoms with Gasteiger partial charge in [0.25, 0.3) is 0 Å². The molecular weight excluding hydrogens is 266 g/mol. The second-order valence-corrected chi connectivity index (χ2v) is 4.51. The van der Waals surface area contributed by atoms with Gasteiger partial charge in [0, 0.05) is 5.56 Å². The molecule has 0 bridgehead atoms. The molecule has 6 heteroatoms. The fourth-order valence-electron chi connectivity index (χ4n) is 2.02. The summed E-state index contributed by atoms with van der Waals surface area (Å²) in [6.45, 7) is 1.73. The Morgan fingerprint density at radius 1 is 1.19 bits per heavy atom. The van der Waals surface area contributed by atoms with E-state index < -0.39 is 5.69 Å². The largest absolute Gasteiger partial charge is 0.363 e. The number of aromatic amines is 1. The zero-order valence-electron chi connectivity index (χ0n) is 11.4. The first-order chi connectivity index (χ1) is 10.2. The van der Waals surface area contributed by atoms with Crippen LogP contribution in [0.3, 0.4) is 0 Å². The average Bonchev–Trinajstić information content (AvgIpc) is 2.51. The van der Waals surface area contributed by atoms with Crippen LogP contribution in [-0.2, 0) is 0 Å². The third-order valence-electron chi connectivity index (χ3n) is 3.07. The molecule has 0 fully saturated rings. The predicted octanol–water partition coefficient (Wildman–Crippen LogP) is 2.07. The zero-order valence-corrected chi connectivity index (χ0v) is 11.4. The van der Waals surface area contributed by atoms with Gasteiger partial charge in [-0.1, -0.05) is 42.5 Å². The van der Waals surface area contributed by atoms with Crippen molar-refractivity contribution in [3.63, 3.8) is 0 Å². The Hall–Kier alpha value is -3.02. The molecular formula is C15H13N5O. The highest BCUT2D eigenvalue weighted by molar-refractivity contribution is 5.99. The van der Waals surface area contributed by atoms with Gasteiger partial charge in [-0.05, 0) is 17.7 Å². The Kier molecular flexibility index (Phi) is 3.42. The normalized spacial score (nSPS) is 11.1. The van der Waals surface area contributed by atoms with Crippen LogP contribution in [-0.4, -0.2) is 21.4 Å². The van der Waals surface area contributed by atoms with E-state index in [9.17, 15) is 4.79 Å². The minimum Gasteiger partial charge on any atom is -0.260 e. The van der Waals surface area contributed by atoms with Crippen molar-refractivity contribution in [2.45, 2.75) is 6.92 Å². The van der Waals surface area contributed by atoms with Crippen molar-refractivity contribution in [1.29, 1.82) is 0 Å². The number of nitrogens with one attached hydrogen (secondary N) is 2. The van der Waals surface area contributed by atoms with E-state index in [4.69, 9.17) is 0 Å². The van der Waals surface area contributed by atoms with E-state index in [1.54, 1.807) is 13.1 Å². The summed E-state index contributed by atoms with van der Waals surface area (Å²) >= 11 is 0. The smallest absolute Gasteiger partial charge is 0.260 e. The third kappa shape index (κ3) is 2.79. The molecule has 0 saturated heterocycles. The number of hydrogen-bond donors (Lipinski definition) is 2. The monoisotopic (exact) mass is 279 g/mol. The van der Waals surface area contributed by atoms with Gasteiger partial charge in [0.2, 0.25) is 0 Å². The number of hydrazone groups is 1. The Morgan fingerprint density at radius 3 is 2.90 bits per heavy atom. The van der Waals surface area contributed by atoms with E-state index in [2.05, 4.69) is 25.7 Å². The first-order valence-electron chi connectivity index (χ1n) is 6.44. The van der Waals surface area contributed by atoms with Gasteiger partial charge in [-0.2, -0.15) is 15.2 Å². The van der Waals surface area contributed by atoms with E-state index in [-0.39, 0.29) is 0 Å². The molecule has 6 nitrogen and oxygen atoms in total. The second kappa shape index (κ2) is 5.54. The molecule has 0 saturated carbocycles. The molecule has 2 N–H and O–H groups in total. The molecule has 0 unspecified atom stereocenters. The number of nitrogens with zero attached hydrogens (tertiary/aromatic N) is 3. The summed E-state index contributed by atoms with van der Waals surface area (Å²) in [6.07, 6.45) is 1.70. The zero-order chi connectivity index (χ0) is 14.7.